The van der Waals surface area contributed by atoms with Crippen LogP contribution in [0.5, 0.6) is 11.5 Å². The molecule has 0 spiro atoms. The number of rotatable bonds is 12. The molecule has 0 saturated carbocycles. The van der Waals surface area contributed by atoms with E-state index in [2.05, 4.69) is 6.92 Å². The fraction of sp³-hybridized carbons (Fsp3) is 0.650. The number of likely N-dealkylation sites (N-methyl/N-ethyl adjacent to an activating group) is 1. The number of carbonyl (C=O) groups is 1. The zero-order chi connectivity index (χ0) is 17.8. The van der Waals surface area contributed by atoms with Crippen molar-refractivity contribution in [1.82, 2.24) is 4.90 Å². The van der Waals surface area contributed by atoms with Crippen molar-refractivity contribution in [2.75, 3.05) is 14.1 Å². The maximum Gasteiger partial charge on any atom is 0.328 e. The van der Waals surface area contributed by atoms with Crippen molar-refractivity contribution in [2.24, 2.45) is 0 Å². The second kappa shape index (κ2) is 11.9. The van der Waals surface area contributed by atoms with Crippen molar-refractivity contribution in [3.63, 3.8) is 0 Å². The summed E-state index contributed by atoms with van der Waals surface area (Å²) in [5, 5.41) is 9.27. The summed E-state index contributed by atoms with van der Waals surface area (Å²) in [6, 6.07) is 6.03. The predicted octanol–water partition coefficient (Wildman–Crippen LogP) is 4.76. The highest BCUT2D eigenvalue weighted by Crippen LogP contribution is 2.18. The second-order valence-corrected chi connectivity index (χ2v) is 6.66. The summed E-state index contributed by atoms with van der Waals surface area (Å²) in [6.07, 6.45) is 10.9. The fourth-order valence-electron chi connectivity index (χ4n) is 2.76. The standard InChI is InChI=1S/C20H33NO3/c1-4-5-6-7-8-9-10-11-12-19(21(2)3)20(23)24-18-15-13-17(22)14-16-18/h13-16,19,22H,4-12H2,1-3H3/t19-/m1/s1. The lowest BCUT2D eigenvalue weighted by molar-refractivity contribution is -0.139. The zero-order valence-corrected chi connectivity index (χ0v) is 15.5. The minimum Gasteiger partial charge on any atom is -0.508 e. The van der Waals surface area contributed by atoms with Crippen LogP contribution < -0.4 is 4.74 Å². The van der Waals surface area contributed by atoms with Gasteiger partial charge >= 0.3 is 5.97 Å². The van der Waals surface area contributed by atoms with E-state index in [1.807, 2.05) is 19.0 Å². The SMILES string of the molecule is CCCCCCCCCC[C@H](C(=O)Oc1ccc(O)cc1)N(C)C. The van der Waals surface area contributed by atoms with Crippen LogP contribution in [0.4, 0.5) is 0 Å². The van der Waals surface area contributed by atoms with Gasteiger partial charge in [-0.1, -0.05) is 58.3 Å². The van der Waals surface area contributed by atoms with Gasteiger partial charge in [0.2, 0.25) is 0 Å². The van der Waals surface area contributed by atoms with E-state index in [0.717, 1.165) is 12.8 Å². The van der Waals surface area contributed by atoms with Crippen molar-refractivity contribution in [3.8, 4) is 11.5 Å². The first kappa shape index (κ1) is 20.5. The first-order chi connectivity index (χ1) is 11.5. The van der Waals surface area contributed by atoms with Crippen molar-refractivity contribution in [3.05, 3.63) is 24.3 Å². The number of aromatic hydroxyl groups is 1. The Hall–Kier alpha value is -1.55. The summed E-state index contributed by atoms with van der Waals surface area (Å²) in [7, 11) is 3.82. The summed E-state index contributed by atoms with van der Waals surface area (Å²) in [6.45, 7) is 2.23. The van der Waals surface area contributed by atoms with E-state index in [0.29, 0.717) is 5.75 Å². The molecule has 0 unspecified atom stereocenters. The third-order valence-electron chi connectivity index (χ3n) is 4.28. The average molecular weight is 335 g/mol. The molecule has 0 aliphatic heterocycles. The van der Waals surface area contributed by atoms with Gasteiger partial charge in [0, 0.05) is 0 Å². The smallest absolute Gasteiger partial charge is 0.328 e. The van der Waals surface area contributed by atoms with Crippen LogP contribution >= 0.6 is 0 Å². The van der Waals surface area contributed by atoms with Crippen LogP contribution in [0, 0.1) is 0 Å². The normalized spacial score (nSPS) is 12.3. The van der Waals surface area contributed by atoms with Crippen molar-refractivity contribution < 1.29 is 14.6 Å². The van der Waals surface area contributed by atoms with Gasteiger partial charge < -0.3 is 9.84 Å². The Labute approximate surface area is 146 Å². The second-order valence-electron chi connectivity index (χ2n) is 6.66. The highest BCUT2D eigenvalue weighted by Gasteiger charge is 2.22. The van der Waals surface area contributed by atoms with E-state index >= 15 is 0 Å². The molecule has 4 nitrogen and oxygen atoms in total. The number of ether oxygens (including phenoxy) is 1. The molecule has 0 radical (unpaired) electrons. The summed E-state index contributed by atoms with van der Waals surface area (Å²) >= 11 is 0. The number of phenolic OH excluding ortho intramolecular Hbond substituents is 1. The van der Waals surface area contributed by atoms with Crippen LogP contribution in [0.1, 0.15) is 64.7 Å². The topological polar surface area (TPSA) is 49.8 Å². The van der Waals surface area contributed by atoms with Crippen molar-refractivity contribution >= 4 is 5.97 Å². The predicted molar refractivity (Wildman–Crippen MR) is 98.4 cm³/mol. The van der Waals surface area contributed by atoms with Crippen LogP contribution in [-0.4, -0.2) is 36.1 Å². The molecule has 1 aromatic carbocycles. The first-order valence-corrected chi connectivity index (χ1v) is 9.21. The number of unbranched alkanes of at least 4 members (excludes halogenated alkanes) is 7. The Morgan fingerprint density at radius 1 is 1.00 bits per heavy atom. The molecule has 0 aromatic heterocycles. The quantitative estimate of drug-likeness (QED) is 0.340. The van der Waals surface area contributed by atoms with Crippen LogP contribution in [0.15, 0.2) is 24.3 Å². The van der Waals surface area contributed by atoms with Crippen LogP contribution in [0.3, 0.4) is 0 Å². The largest absolute Gasteiger partial charge is 0.508 e. The Morgan fingerprint density at radius 3 is 2.08 bits per heavy atom. The Morgan fingerprint density at radius 2 is 1.54 bits per heavy atom. The number of esters is 1. The van der Waals surface area contributed by atoms with E-state index in [-0.39, 0.29) is 17.8 Å². The molecule has 136 valence electrons. The number of carbonyl (C=O) groups excluding carboxylic acids is 1. The molecular weight excluding hydrogens is 302 g/mol. The van der Waals surface area contributed by atoms with Gasteiger partial charge in [0.05, 0.1) is 0 Å². The van der Waals surface area contributed by atoms with E-state index in [9.17, 15) is 9.90 Å². The number of phenols is 1. The van der Waals surface area contributed by atoms with Gasteiger partial charge in [-0.05, 0) is 44.8 Å². The van der Waals surface area contributed by atoms with Crippen LogP contribution in [-0.2, 0) is 4.79 Å². The molecule has 1 N–H and O–H groups in total. The van der Waals surface area contributed by atoms with E-state index in [4.69, 9.17) is 4.74 Å². The summed E-state index contributed by atoms with van der Waals surface area (Å²) in [5.74, 6) is 0.409. The van der Waals surface area contributed by atoms with Crippen molar-refractivity contribution in [2.45, 2.75) is 70.8 Å². The minimum atomic E-state index is -0.228. The Balaban J connectivity index is 2.30. The third-order valence-corrected chi connectivity index (χ3v) is 4.28. The molecule has 24 heavy (non-hydrogen) atoms. The Kier molecular flexibility index (Phi) is 10.2. The number of hydrogen-bond donors (Lipinski definition) is 1. The Bertz CT molecular complexity index is 456. The molecule has 0 amide bonds. The molecular formula is C20H33NO3. The maximum absolute atomic E-state index is 12.4. The number of nitrogens with zero attached hydrogens (tertiary/aromatic N) is 1. The summed E-state index contributed by atoms with van der Waals surface area (Å²) < 4.78 is 5.42. The van der Waals surface area contributed by atoms with Crippen LogP contribution in [0.25, 0.3) is 0 Å². The molecule has 1 atom stereocenters. The third kappa shape index (κ3) is 8.34. The zero-order valence-electron chi connectivity index (χ0n) is 15.5. The molecule has 0 saturated heterocycles. The number of benzene rings is 1. The first-order valence-electron chi connectivity index (χ1n) is 9.21. The maximum atomic E-state index is 12.4. The average Bonchev–Trinajstić information content (AvgIpc) is 2.55. The molecule has 4 heteroatoms. The molecule has 0 heterocycles. The van der Waals surface area contributed by atoms with Gasteiger partial charge in [-0.3, -0.25) is 4.90 Å². The fourth-order valence-corrected chi connectivity index (χ4v) is 2.76. The molecule has 0 fully saturated rings. The monoisotopic (exact) mass is 335 g/mol. The van der Waals surface area contributed by atoms with Gasteiger partial charge in [0.25, 0.3) is 0 Å². The molecule has 1 aromatic rings. The molecule has 1 rings (SSSR count). The highest BCUT2D eigenvalue weighted by atomic mass is 16.5. The molecule has 0 aliphatic carbocycles. The van der Waals surface area contributed by atoms with Gasteiger partial charge in [-0.15, -0.1) is 0 Å². The molecule has 0 aliphatic rings. The van der Waals surface area contributed by atoms with Gasteiger partial charge in [-0.25, -0.2) is 4.79 Å². The van der Waals surface area contributed by atoms with Gasteiger partial charge in [0.1, 0.15) is 17.5 Å². The lowest BCUT2D eigenvalue weighted by Gasteiger charge is -2.22. The van der Waals surface area contributed by atoms with Gasteiger partial charge in [0.15, 0.2) is 0 Å². The minimum absolute atomic E-state index is 0.165. The summed E-state index contributed by atoms with van der Waals surface area (Å²) in [4.78, 5) is 14.3. The summed E-state index contributed by atoms with van der Waals surface area (Å²) in [5.41, 5.74) is 0. The highest BCUT2D eigenvalue weighted by molar-refractivity contribution is 5.78. The van der Waals surface area contributed by atoms with Gasteiger partial charge in [-0.2, -0.15) is 0 Å². The lowest BCUT2D eigenvalue weighted by atomic mass is 10.0. The van der Waals surface area contributed by atoms with E-state index in [1.54, 1.807) is 12.1 Å². The van der Waals surface area contributed by atoms with E-state index in [1.165, 1.54) is 57.1 Å². The number of hydrogen-bond acceptors (Lipinski definition) is 4. The molecule has 0 bridgehead atoms. The van der Waals surface area contributed by atoms with E-state index < -0.39 is 0 Å². The lowest BCUT2D eigenvalue weighted by Crippen LogP contribution is -2.38. The van der Waals surface area contributed by atoms with Crippen molar-refractivity contribution in [1.29, 1.82) is 0 Å². The van der Waals surface area contributed by atoms with Crippen LogP contribution in [0.2, 0.25) is 0 Å².